The molecule has 2 aromatic heterocycles. The van der Waals surface area contributed by atoms with Crippen LogP contribution in [0.2, 0.25) is 0 Å². The average Bonchev–Trinajstić information content (AvgIpc) is 3.48. The van der Waals surface area contributed by atoms with Gasteiger partial charge in [-0.25, -0.2) is 4.98 Å². The summed E-state index contributed by atoms with van der Waals surface area (Å²) in [6, 6.07) is 27.4. The second-order valence-electron chi connectivity index (χ2n) is 13.2. The minimum absolute atomic E-state index is 0.0274. The van der Waals surface area contributed by atoms with Crippen LogP contribution in [0.4, 0.5) is 0 Å². The summed E-state index contributed by atoms with van der Waals surface area (Å²) in [4.78, 5) is 47.4. The lowest BCUT2D eigenvalue weighted by Gasteiger charge is -2.32. The Morgan fingerprint density at radius 1 is 0.904 bits per heavy atom. The number of nitrogens with one attached hydrogen (secondary N) is 2. The molecular formula is C42H46N4O6. The lowest BCUT2D eigenvalue weighted by atomic mass is 9.85. The van der Waals surface area contributed by atoms with E-state index in [1.807, 2.05) is 49.4 Å². The summed E-state index contributed by atoms with van der Waals surface area (Å²) in [6.45, 7) is 5.91. The number of ether oxygens (including phenoxy) is 3. The van der Waals surface area contributed by atoms with Gasteiger partial charge in [0, 0.05) is 36.8 Å². The first-order valence-electron chi connectivity index (χ1n) is 17.9. The first kappa shape index (κ1) is 36.3. The van der Waals surface area contributed by atoms with E-state index >= 15 is 0 Å². The molecule has 1 saturated heterocycles. The number of methoxy groups -OCH3 is 2. The minimum atomic E-state index is -0.439. The van der Waals surface area contributed by atoms with Gasteiger partial charge in [-0.3, -0.25) is 19.3 Å². The molecule has 1 aliphatic carbocycles. The predicted octanol–water partition coefficient (Wildman–Crippen LogP) is 6.61. The smallest absolute Gasteiger partial charge is 0.257 e. The van der Waals surface area contributed by atoms with Crippen molar-refractivity contribution >= 4 is 22.7 Å². The maximum Gasteiger partial charge on any atom is 0.257 e. The molecule has 5 aromatic rings. The van der Waals surface area contributed by atoms with Crippen molar-refractivity contribution in [3.8, 4) is 17.4 Å². The van der Waals surface area contributed by atoms with Crippen LogP contribution in [0.3, 0.4) is 0 Å². The molecule has 2 aliphatic rings. The van der Waals surface area contributed by atoms with Crippen molar-refractivity contribution in [3.05, 3.63) is 129 Å². The van der Waals surface area contributed by atoms with Gasteiger partial charge < -0.3 is 24.5 Å². The number of aromatic amines is 1. The van der Waals surface area contributed by atoms with Gasteiger partial charge in [-0.05, 0) is 86.5 Å². The summed E-state index contributed by atoms with van der Waals surface area (Å²) in [5, 5.41) is 2.74. The van der Waals surface area contributed by atoms with Gasteiger partial charge in [0.2, 0.25) is 11.3 Å². The molecule has 1 unspecified atom stereocenters. The van der Waals surface area contributed by atoms with Crippen LogP contribution in [0.15, 0.2) is 95.9 Å². The lowest BCUT2D eigenvalue weighted by molar-refractivity contribution is 0.0894. The number of rotatable bonds is 11. The second kappa shape index (κ2) is 17.2. The van der Waals surface area contributed by atoms with Crippen LogP contribution >= 0.6 is 0 Å². The van der Waals surface area contributed by atoms with E-state index in [1.165, 1.54) is 24.6 Å². The Hall–Kier alpha value is -5.48. The molecule has 1 atom stereocenters. The molecule has 0 radical (unpaired) electrons. The number of piperidine rings is 1. The van der Waals surface area contributed by atoms with E-state index in [0.717, 1.165) is 49.2 Å². The Kier molecular flexibility index (Phi) is 12.0. The van der Waals surface area contributed by atoms with Crippen LogP contribution in [0.5, 0.6) is 17.4 Å². The standard InChI is InChI=1S/C24H29NO3.C18H17N3O3/c1-27-22-14-19-13-20(24(26)21(19)15-23(22)28-2)12-17-8-10-25(11-9-17)16-18-6-4-3-5-7-18;1-2-24-15-9-8-14-16(21-15)17(22)13(11-19-14)18(23)20-10-12-6-4-3-5-7-12/h3-7,14-15,17,20H,8-13,16H2,1-2H3;3-9,11H,2,10H2,1H3,(H,19,22)(H,20,23). The number of aromatic nitrogens is 2. The number of benzene rings is 3. The van der Waals surface area contributed by atoms with Crippen LogP contribution in [0.25, 0.3) is 11.0 Å². The Morgan fingerprint density at radius 2 is 1.58 bits per heavy atom. The normalized spacial score (nSPS) is 15.8. The first-order valence-corrected chi connectivity index (χ1v) is 17.9. The third-order valence-electron chi connectivity index (χ3n) is 9.82. The number of Topliss-reactive ketones (excluding diaryl/α,β-unsaturated/α-hetero) is 1. The highest BCUT2D eigenvalue weighted by Crippen LogP contribution is 2.39. The number of fused-ring (bicyclic) bond motifs is 2. The molecule has 1 fully saturated rings. The monoisotopic (exact) mass is 702 g/mol. The van der Waals surface area contributed by atoms with E-state index in [4.69, 9.17) is 14.2 Å². The molecule has 1 aliphatic heterocycles. The molecule has 10 heteroatoms. The maximum absolute atomic E-state index is 12.9. The van der Waals surface area contributed by atoms with Crippen molar-refractivity contribution in [1.82, 2.24) is 20.2 Å². The van der Waals surface area contributed by atoms with Gasteiger partial charge in [-0.2, -0.15) is 0 Å². The number of ketones is 1. The van der Waals surface area contributed by atoms with Crippen molar-refractivity contribution in [2.24, 2.45) is 11.8 Å². The van der Waals surface area contributed by atoms with Crippen LogP contribution in [-0.2, 0) is 19.5 Å². The van der Waals surface area contributed by atoms with E-state index in [0.29, 0.717) is 42.0 Å². The summed E-state index contributed by atoms with van der Waals surface area (Å²) in [7, 11) is 3.26. The lowest BCUT2D eigenvalue weighted by Crippen LogP contribution is -2.34. The highest BCUT2D eigenvalue weighted by Gasteiger charge is 2.34. The number of carbonyl (C=O) groups is 2. The first-order chi connectivity index (χ1) is 25.4. The molecule has 2 N–H and O–H groups in total. The second-order valence-corrected chi connectivity index (χ2v) is 13.2. The minimum Gasteiger partial charge on any atom is -0.493 e. The fraction of sp³-hybridized carbons (Fsp3) is 0.333. The van der Waals surface area contributed by atoms with Crippen molar-refractivity contribution in [2.45, 2.75) is 45.7 Å². The van der Waals surface area contributed by atoms with Gasteiger partial charge >= 0.3 is 0 Å². The number of nitrogens with zero attached hydrogens (tertiary/aromatic N) is 2. The molecular weight excluding hydrogens is 656 g/mol. The Balaban J connectivity index is 0.000000181. The van der Waals surface area contributed by atoms with E-state index in [2.05, 4.69) is 50.5 Å². The molecule has 0 spiro atoms. The van der Waals surface area contributed by atoms with Gasteiger partial charge in [0.25, 0.3) is 5.91 Å². The van der Waals surface area contributed by atoms with Gasteiger partial charge in [-0.15, -0.1) is 0 Å². The van der Waals surface area contributed by atoms with Crippen LogP contribution in [-0.4, -0.2) is 60.5 Å². The zero-order valence-corrected chi connectivity index (χ0v) is 30.0. The third kappa shape index (κ3) is 8.69. The zero-order chi connectivity index (χ0) is 36.5. The molecule has 270 valence electrons. The van der Waals surface area contributed by atoms with Crippen molar-refractivity contribution in [2.75, 3.05) is 33.9 Å². The van der Waals surface area contributed by atoms with E-state index in [9.17, 15) is 14.4 Å². The fourth-order valence-corrected chi connectivity index (χ4v) is 7.06. The number of amides is 1. The topological polar surface area (TPSA) is 123 Å². The maximum atomic E-state index is 12.9. The Bertz CT molecular complexity index is 2040. The predicted molar refractivity (Wildman–Crippen MR) is 201 cm³/mol. The number of likely N-dealkylation sites (tertiary alicyclic amines) is 1. The van der Waals surface area contributed by atoms with E-state index < -0.39 is 11.3 Å². The van der Waals surface area contributed by atoms with Gasteiger partial charge in [0.1, 0.15) is 11.1 Å². The summed E-state index contributed by atoms with van der Waals surface area (Å²) in [5.41, 5.74) is 4.62. The summed E-state index contributed by atoms with van der Waals surface area (Å²) >= 11 is 0. The van der Waals surface area contributed by atoms with Crippen LogP contribution in [0, 0.1) is 11.8 Å². The highest BCUT2D eigenvalue weighted by molar-refractivity contribution is 6.03. The average molecular weight is 703 g/mol. The van der Waals surface area contributed by atoms with E-state index in [1.54, 1.807) is 26.4 Å². The van der Waals surface area contributed by atoms with Crippen LogP contribution < -0.4 is 25.0 Å². The molecule has 3 aromatic carbocycles. The summed E-state index contributed by atoms with van der Waals surface area (Å²) in [6.07, 6.45) is 5.60. The van der Waals surface area contributed by atoms with Crippen molar-refractivity contribution < 1.29 is 23.8 Å². The summed E-state index contributed by atoms with van der Waals surface area (Å²) in [5.74, 6) is 2.30. The summed E-state index contributed by atoms with van der Waals surface area (Å²) < 4.78 is 16.1. The number of hydrogen-bond donors (Lipinski definition) is 2. The zero-order valence-electron chi connectivity index (χ0n) is 30.0. The quantitative estimate of drug-likeness (QED) is 0.158. The largest absolute Gasteiger partial charge is 0.493 e. The number of carbonyl (C=O) groups excluding carboxylic acids is 2. The van der Waals surface area contributed by atoms with Gasteiger partial charge in [0.05, 0.1) is 26.3 Å². The number of hydrogen-bond acceptors (Lipinski definition) is 8. The third-order valence-corrected chi connectivity index (χ3v) is 9.82. The SMILES string of the molecule is CCOc1ccc2[nH]cc(C(=O)NCc3ccccc3)c(=O)c2n1.COc1cc2c(cc1OC)C(=O)C(CC1CCN(Cc3ccccc3)CC1)C2. The Morgan fingerprint density at radius 3 is 2.25 bits per heavy atom. The van der Waals surface area contributed by atoms with E-state index in [-0.39, 0.29) is 22.8 Å². The number of H-pyrrole nitrogens is 1. The Labute approximate surface area is 304 Å². The molecule has 0 bridgehead atoms. The van der Waals surface area contributed by atoms with Gasteiger partial charge in [0.15, 0.2) is 17.3 Å². The van der Waals surface area contributed by atoms with Crippen LogP contribution in [0.1, 0.15) is 63.6 Å². The molecule has 7 rings (SSSR count). The number of pyridine rings is 2. The van der Waals surface area contributed by atoms with Crippen molar-refractivity contribution in [3.63, 3.8) is 0 Å². The molecule has 52 heavy (non-hydrogen) atoms. The molecule has 3 heterocycles. The molecule has 0 saturated carbocycles. The highest BCUT2D eigenvalue weighted by atomic mass is 16.5. The van der Waals surface area contributed by atoms with Crippen molar-refractivity contribution in [1.29, 1.82) is 0 Å². The molecule has 1 amide bonds. The van der Waals surface area contributed by atoms with Gasteiger partial charge in [-0.1, -0.05) is 60.7 Å². The fourth-order valence-electron chi connectivity index (χ4n) is 7.06. The molecule has 10 nitrogen and oxygen atoms in total.